The fourth-order valence-corrected chi connectivity index (χ4v) is 4.81. The van der Waals surface area contributed by atoms with Crippen LogP contribution in [0.1, 0.15) is 25.0 Å². The first kappa shape index (κ1) is 18.9. The van der Waals surface area contributed by atoms with E-state index in [1.807, 2.05) is 24.8 Å². The first-order chi connectivity index (χ1) is 13.5. The molecule has 2 aromatic rings. The van der Waals surface area contributed by atoms with Crippen molar-refractivity contribution in [2.24, 2.45) is 5.92 Å². The maximum absolute atomic E-state index is 13.1. The van der Waals surface area contributed by atoms with Gasteiger partial charge in [-0.15, -0.1) is 0 Å². The third-order valence-electron chi connectivity index (χ3n) is 6.24. The Labute approximate surface area is 166 Å². The Hall–Kier alpha value is -2.47. The van der Waals surface area contributed by atoms with Crippen molar-refractivity contribution in [3.05, 3.63) is 29.5 Å². The lowest BCUT2D eigenvalue weighted by Crippen LogP contribution is -2.47. The van der Waals surface area contributed by atoms with Crippen LogP contribution in [0.3, 0.4) is 0 Å². The van der Waals surface area contributed by atoms with Crippen LogP contribution in [0.2, 0.25) is 0 Å². The van der Waals surface area contributed by atoms with E-state index < -0.39 is 0 Å². The third-order valence-corrected chi connectivity index (χ3v) is 6.24. The average molecular weight is 383 g/mol. The minimum absolute atomic E-state index is 0.150. The van der Waals surface area contributed by atoms with Gasteiger partial charge in [-0.25, -0.2) is 0 Å². The monoisotopic (exact) mass is 383 g/mol. The summed E-state index contributed by atoms with van der Waals surface area (Å²) in [6.07, 6.45) is 5.19. The zero-order valence-corrected chi connectivity index (χ0v) is 17.3. The van der Waals surface area contributed by atoms with Crippen molar-refractivity contribution in [3.63, 3.8) is 0 Å². The van der Waals surface area contributed by atoms with Gasteiger partial charge in [0.05, 0.1) is 25.7 Å². The standard InChI is InChI=1S/C22H29N3O3/c1-6-25(7-2)22(26)14-8-15-17(24(3)12-14)9-13-11-23-16-10-18(27-4)21(28-5)20(15)19(13)16/h8,10-11,14,17,23H,6-7,9,12H2,1-5H3. The van der Waals surface area contributed by atoms with Gasteiger partial charge in [-0.05, 0) is 38.5 Å². The lowest BCUT2D eigenvalue weighted by atomic mass is 9.79. The number of ether oxygens (including phenoxy) is 2. The van der Waals surface area contributed by atoms with E-state index in [2.05, 4.69) is 29.2 Å². The van der Waals surface area contributed by atoms with Gasteiger partial charge in [0.15, 0.2) is 11.5 Å². The minimum Gasteiger partial charge on any atom is -0.493 e. The van der Waals surface area contributed by atoms with Crippen LogP contribution in [0.4, 0.5) is 0 Å². The molecule has 1 aromatic heterocycles. The van der Waals surface area contributed by atoms with Crippen LogP contribution in [-0.4, -0.2) is 67.6 Å². The summed E-state index contributed by atoms with van der Waals surface area (Å²) in [6, 6.07) is 2.22. The molecule has 2 unspecified atom stereocenters. The molecule has 0 radical (unpaired) electrons. The Morgan fingerprint density at radius 1 is 1.29 bits per heavy atom. The molecule has 28 heavy (non-hydrogen) atoms. The first-order valence-corrected chi connectivity index (χ1v) is 9.99. The Kier molecular flexibility index (Phi) is 4.83. The first-order valence-electron chi connectivity index (χ1n) is 9.99. The summed E-state index contributed by atoms with van der Waals surface area (Å²) in [7, 11) is 5.46. The molecule has 4 rings (SSSR count). The van der Waals surface area contributed by atoms with Crippen molar-refractivity contribution >= 4 is 22.4 Å². The minimum atomic E-state index is -0.150. The lowest BCUT2D eigenvalue weighted by Gasteiger charge is -2.40. The van der Waals surface area contributed by atoms with Crippen LogP contribution in [0.5, 0.6) is 11.5 Å². The number of amides is 1. The Balaban J connectivity index is 1.91. The highest BCUT2D eigenvalue weighted by atomic mass is 16.5. The Morgan fingerprint density at radius 2 is 2.04 bits per heavy atom. The van der Waals surface area contributed by atoms with Crippen LogP contribution in [0.25, 0.3) is 16.5 Å². The number of methoxy groups -OCH3 is 2. The summed E-state index contributed by atoms with van der Waals surface area (Å²) in [4.78, 5) is 20.7. The number of H-pyrrole nitrogens is 1. The van der Waals surface area contributed by atoms with Crippen LogP contribution in [-0.2, 0) is 11.2 Å². The summed E-state index contributed by atoms with van der Waals surface area (Å²) < 4.78 is 11.4. The highest BCUT2D eigenvalue weighted by Gasteiger charge is 2.38. The van der Waals surface area contributed by atoms with Gasteiger partial charge < -0.3 is 19.4 Å². The summed E-state index contributed by atoms with van der Waals surface area (Å²) >= 11 is 0. The zero-order valence-electron chi connectivity index (χ0n) is 17.3. The molecular weight excluding hydrogens is 354 g/mol. The van der Waals surface area contributed by atoms with Crippen molar-refractivity contribution in [3.8, 4) is 11.5 Å². The van der Waals surface area contributed by atoms with Gasteiger partial charge in [0.2, 0.25) is 5.91 Å². The fourth-order valence-electron chi connectivity index (χ4n) is 4.81. The van der Waals surface area contributed by atoms with Gasteiger partial charge in [0.1, 0.15) is 0 Å². The predicted octanol–water partition coefficient (Wildman–Crippen LogP) is 2.92. The molecule has 1 aliphatic carbocycles. The highest BCUT2D eigenvalue weighted by Crippen LogP contribution is 2.48. The summed E-state index contributed by atoms with van der Waals surface area (Å²) in [5, 5.41) is 1.18. The predicted molar refractivity (Wildman–Crippen MR) is 111 cm³/mol. The second-order valence-corrected chi connectivity index (χ2v) is 7.62. The maximum Gasteiger partial charge on any atom is 0.230 e. The van der Waals surface area contributed by atoms with Gasteiger partial charge in [-0.1, -0.05) is 6.08 Å². The Morgan fingerprint density at radius 3 is 2.68 bits per heavy atom. The molecular formula is C22H29N3O3. The number of nitrogens with one attached hydrogen (secondary N) is 1. The number of hydrogen-bond donors (Lipinski definition) is 1. The number of fused-ring (bicyclic) bond motifs is 2. The second-order valence-electron chi connectivity index (χ2n) is 7.62. The highest BCUT2D eigenvalue weighted by molar-refractivity contribution is 6.03. The van der Waals surface area contributed by atoms with Crippen molar-refractivity contribution in [2.75, 3.05) is 40.9 Å². The quantitative estimate of drug-likeness (QED) is 0.863. The summed E-state index contributed by atoms with van der Waals surface area (Å²) in [6.45, 7) is 6.27. The molecule has 2 aliphatic rings. The van der Waals surface area contributed by atoms with Gasteiger partial charge in [-0.3, -0.25) is 9.69 Å². The number of aromatic amines is 1. The summed E-state index contributed by atoms with van der Waals surface area (Å²) in [5.41, 5.74) is 4.57. The third kappa shape index (κ3) is 2.70. The molecule has 0 spiro atoms. The second kappa shape index (κ2) is 7.17. The molecule has 0 saturated heterocycles. The summed E-state index contributed by atoms with van der Waals surface area (Å²) in [5.74, 6) is 1.50. The topological polar surface area (TPSA) is 57.8 Å². The van der Waals surface area contributed by atoms with Crippen LogP contribution < -0.4 is 9.47 Å². The van der Waals surface area contributed by atoms with Crippen LogP contribution in [0, 0.1) is 5.92 Å². The largest absolute Gasteiger partial charge is 0.493 e. The van der Waals surface area contributed by atoms with Crippen molar-refractivity contribution in [1.82, 2.24) is 14.8 Å². The number of nitrogens with zero attached hydrogens (tertiary/aromatic N) is 2. The molecule has 1 aromatic carbocycles. The Bertz CT molecular complexity index is 942. The number of rotatable bonds is 5. The fraction of sp³-hybridized carbons (Fsp3) is 0.500. The molecule has 0 saturated carbocycles. The van der Waals surface area contributed by atoms with E-state index in [0.717, 1.165) is 42.9 Å². The van der Waals surface area contributed by atoms with Gasteiger partial charge >= 0.3 is 0 Å². The van der Waals surface area contributed by atoms with E-state index in [-0.39, 0.29) is 17.9 Å². The molecule has 6 nitrogen and oxygen atoms in total. The molecule has 0 fully saturated rings. The van der Waals surface area contributed by atoms with Crippen molar-refractivity contribution < 1.29 is 14.3 Å². The number of likely N-dealkylation sites (N-methyl/N-ethyl adjacent to an activating group) is 1. The van der Waals surface area contributed by atoms with Gasteiger partial charge in [0.25, 0.3) is 0 Å². The number of carbonyl (C=O) groups excluding carboxylic acids is 1. The van der Waals surface area contributed by atoms with E-state index >= 15 is 0 Å². The molecule has 1 amide bonds. The zero-order chi connectivity index (χ0) is 20.0. The smallest absolute Gasteiger partial charge is 0.230 e. The number of benzene rings is 1. The molecule has 6 heteroatoms. The van der Waals surface area contributed by atoms with Crippen molar-refractivity contribution in [2.45, 2.75) is 26.3 Å². The molecule has 2 heterocycles. The maximum atomic E-state index is 13.1. The normalized spacial score (nSPS) is 21.2. The molecule has 1 N–H and O–H groups in total. The van der Waals surface area contributed by atoms with Gasteiger partial charge in [0, 0.05) is 48.9 Å². The van der Waals surface area contributed by atoms with E-state index in [4.69, 9.17) is 9.47 Å². The number of aromatic nitrogens is 1. The SMILES string of the molecule is CCN(CC)C(=O)C1C=C2c3c(OC)c(OC)cc4[nH]cc(c34)CC2N(C)C1. The molecule has 150 valence electrons. The van der Waals surface area contributed by atoms with E-state index in [1.54, 1.807) is 14.2 Å². The molecule has 0 bridgehead atoms. The van der Waals surface area contributed by atoms with Crippen molar-refractivity contribution in [1.29, 1.82) is 0 Å². The van der Waals surface area contributed by atoms with E-state index in [9.17, 15) is 4.79 Å². The average Bonchev–Trinajstić information content (AvgIpc) is 3.12. The van der Waals surface area contributed by atoms with E-state index in [0.29, 0.717) is 5.75 Å². The van der Waals surface area contributed by atoms with Crippen LogP contribution in [0.15, 0.2) is 18.3 Å². The van der Waals surface area contributed by atoms with E-state index in [1.165, 1.54) is 16.5 Å². The van der Waals surface area contributed by atoms with Crippen LogP contribution >= 0.6 is 0 Å². The number of hydrogen-bond acceptors (Lipinski definition) is 4. The van der Waals surface area contributed by atoms with Gasteiger partial charge in [-0.2, -0.15) is 0 Å². The molecule has 2 atom stereocenters. The number of carbonyl (C=O) groups is 1. The lowest BCUT2D eigenvalue weighted by molar-refractivity contribution is -0.134. The molecule has 1 aliphatic heterocycles.